The number of fused-ring (bicyclic) bond motifs is 1. The summed E-state index contributed by atoms with van der Waals surface area (Å²) in [5, 5.41) is 16.8. The van der Waals surface area contributed by atoms with Gasteiger partial charge in [-0.25, -0.2) is 4.79 Å². The number of carboxylic acid groups (broad SMARTS) is 1. The van der Waals surface area contributed by atoms with Crippen LogP contribution in [0.4, 0.5) is 13.2 Å². The van der Waals surface area contributed by atoms with Crippen LogP contribution < -0.4 is 0 Å². The van der Waals surface area contributed by atoms with Crippen LogP contribution in [0.15, 0.2) is 42.5 Å². The van der Waals surface area contributed by atoms with Gasteiger partial charge in [-0.2, -0.15) is 13.2 Å². The van der Waals surface area contributed by atoms with E-state index in [2.05, 4.69) is 10.2 Å². The van der Waals surface area contributed by atoms with Gasteiger partial charge in [-0.3, -0.25) is 4.40 Å². The van der Waals surface area contributed by atoms with Crippen molar-refractivity contribution in [3.05, 3.63) is 53.7 Å². The summed E-state index contributed by atoms with van der Waals surface area (Å²) in [7, 11) is 0. The van der Waals surface area contributed by atoms with E-state index in [0.29, 0.717) is 0 Å². The van der Waals surface area contributed by atoms with Crippen molar-refractivity contribution in [1.29, 1.82) is 0 Å². The number of carboxylic acids is 1. The highest BCUT2D eigenvalue weighted by atomic mass is 19.4. The molecule has 0 unspecified atom stereocenters. The van der Waals surface area contributed by atoms with Crippen LogP contribution in [0.1, 0.15) is 16.1 Å². The number of carbonyl (C=O) groups is 1. The number of alkyl halides is 3. The van der Waals surface area contributed by atoms with Crippen LogP contribution in [0.5, 0.6) is 0 Å². The molecule has 0 saturated heterocycles. The molecule has 0 aliphatic rings. The van der Waals surface area contributed by atoms with E-state index in [1.54, 1.807) is 0 Å². The van der Waals surface area contributed by atoms with Crippen LogP contribution in [0.25, 0.3) is 17.0 Å². The predicted molar refractivity (Wildman–Crippen MR) is 70.4 cm³/mol. The highest BCUT2D eigenvalue weighted by Gasteiger charge is 2.31. The smallest absolute Gasteiger partial charge is 0.416 e. The molecule has 0 fully saturated rings. The fraction of sp³-hybridized carbons (Fsp3) is 0.0714. The second-order valence-corrected chi connectivity index (χ2v) is 4.51. The van der Waals surface area contributed by atoms with Crippen LogP contribution in [0.2, 0.25) is 0 Å². The van der Waals surface area contributed by atoms with E-state index in [1.807, 2.05) is 0 Å². The molecule has 2 heterocycles. The van der Waals surface area contributed by atoms with Gasteiger partial charge in [0.05, 0.1) is 5.56 Å². The highest BCUT2D eigenvalue weighted by molar-refractivity contribution is 5.87. The van der Waals surface area contributed by atoms with Gasteiger partial charge < -0.3 is 5.11 Å². The minimum absolute atomic E-state index is 0.0408. The average Bonchev–Trinajstić information content (AvgIpc) is 2.90. The zero-order valence-electron chi connectivity index (χ0n) is 10.9. The maximum atomic E-state index is 12.8. The van der Waals surface area contributed by atoms with Gasteiger partial charge in [-0.1, -0.05) is 18.2 Å². The molecule has 0 bridgehead atoms. The fourth-order valence-corrected chi connectivity index (χ4v) is 2.13. The number of pyridine rings is 1. The van der Waals surface area contributed by atoms with Crippen LogP contribution in [0.3, 0.4) is 0 Å². The molecule has 1 N–H and O–H groups in total. The first kappa shape index (κ1) is 14.1. The minimum Gasteiger partial charge on any atom is -0.477 e. The number of halogens is 3. The van der Waals surface area contributed by atoms with E-state index in [0.717, 1.165) is 12.1 Å². The summed E-state index contributed by atoms with van der Waals surface area (Å²) in [5.74, 6) is -1.18. The zero-order chi connectivity index (χ0) is 15.9. The Kier molecular flexibility index (Phi) is 3.09. The normalized spacial score (nSPS) is 11.8. The van der Waals surface area contributed by atoms with Crippen molar-refractivity contribution in [2.75, 3.05) is 0 Å². The van der Waals surface area contributed by atoms with E-state index in [1.165, 1.54) is 34.7 Å². The number of aromatic carboxylic acids is 1. The molecule has 0 aliphatic heterocycles. The Hall–Kier alpha value is -2.90. The maximum absolute atomic E-state index is 12.8. The first-order chi connectivity index (χ1) is 10.4. The molecule has 0 aliphatic carbocycles. The van der Waals surface area contributed by atoms with Crippen molar-refractivity contribution in [2.45, 2.75) is 6.18 Å². The molecule has 5 nitrogen and oxygen atoms in total. The third-order valence-corrected chi connectivity index (χ3v) is 3.10. The SMILES string of the molecule is O=C(O)c1cccc2nnc(-c3cccc(C(F)(F)F)c3)n12. The molecule has 3 aromatic rings. The molecule has 8 heteroatoms. The molecular formula is C14H8F3N3O2. The third kappa shape index (κ3) is 2.28. The largest absolute Gasteiger partial charge is 0.477 e. The van der Waals surface area contributed by atoms with Crippen molar-refractivity contribution >= 4 is 11.6 Å². The fourth-order valence-electron chi connectivity index (χ4n) is 2.13. The summed E-state index contributed by atoms with van der Waals surface area (Å²) in [6.07, 6.45) is -4.49. The molecule has 0 spiro atoms. The highest BCUT2D eigenvalue weighted by Crippen LogP contribution is 2.32. The Balaban J connectivity index is 2.25. The number of nitrogens with zero attached hydrogens (tertiary/aromatic N) is 3. The first-order valence-corrected chi connectivity index (χ1v) is 6.13. The maximum Gasteiger partial charge on any atom is 0.416 e. The van der Waals surface area contributed by atoms with Crippen LogP contribution in [-0.2, 0) is 6.18 Å². The molecule has 3 rings (SSSR count). The Bertz CT molecular complexity index is 871. The Morgan fingerprint density at radius 1 is 1.09 bits per heavy atom. The predicted octanol–water partition coefficient (Wildman–Crippen LogP) is 3.11. The average molecular weight is 307 g/mol. The molecule has 0 amide bonds. The molecule has 0 saturated carbocycles. The van der Waals surface area contributed by atoms with Gasteiger partial charge in [0.15, 0.2) is 11.5 Å². The molecular weight excluding hydrogens is 299 g/mol. The number of benzene rings is 1. The number of rotatable bonds is 2. The zero-order valence-corrected chi connectivity index (χ0v) is 10.9. The number of hydrogen-bond donors (Lipinski definition) is 1. The number of aromatic nitrogens is 3. The molecule has 22 heavy (non-hydrogen) atoms. The first-order valence-electron chi connectivity index (χ1n) is 6.13. The lowest BCUT2D eigenvalue weighted by atomic mass is 10.1. The summed E-state index contributed by atoms with van der Waals surface area (Å²) in [6, 6.07) is 8.85. The lowest BCUT2D eigenvalue weighted by Crippen LogP contribution is -2.07. The Morgan fingerprint density at radius 3 is 2.50 bits per heavy atom. The summed E-state index contributed by atoms with van der Waals surface area (Å²) in [5.41, 5.74) is -0.590. The van der Waals surface area contributed by atoms with Gasteiger partial charge in [0, 0.05) is 5.56 Å². The second kappa shape index (κ2) is 4.83. The van der Waals surface area contributed by atoms with Gasteiger partial charge in [0.25, 0.3) is 0 Å². The van der Waals surface area contributed by atoms with Crippen LogP contribution >= 0.6 is 0 Å². The number of hydrogen-bond acceptors (Lipinski definition) is 3. The monoisotopic (exact) mass is 307 g/mol. The van der Waals surface area contributed by atoms with Crippen molar-refractivity contribution in [2.24, 2.45) is 0 Å². The van der Waals surface area contributed by atoms with E-state index in [9.17, 15) is 23.1 Å². The van der Waals surface area contributed by atoms with Gasteiger partial charge in [0.1, 0.15) is 5.69 Å². The second-order valence-electron chi connectivity index (χ2n) is 4.51. The molecule has 2 aromatic heterocycles. The topological polar surface area (TPSA) is 67.5 Å². The van der Waals surface area contributed by atoms with Gasteiger partial charge in [-0.15, -0.1) is 10.2 Å². The lowest BCUT2D eigenvalue weighted by molar-refractivity contribution is -0.137. The summed E-state index contributed by atoms with van der Waals surface area (Å²) < 4.78 is 39.6. The van der Waals surface area contributed by atoms with Gasteiger partial charge in [0.2, 0.25) is 0 Å². The van der Waals surface area contributed by atoms with E-state index in [-0.39, 0.29) is 22.7 Å². The minimum atomic E-state index is -4.49. The van der Waals surface area contributed by atoms with E-state index < -0.39 is 17.7 Å². The molecule has 0 atom stereocenters. The molecule has 1 aromatic carbocycles. The molecule has 112 valence electrons. The summed E-state index contributed by atoms with van der Waals surface area (Å²) in [4.78, 5) is 11.3. The van der Waals surface area contributed by atoms with E-state index >= 15 is 0 Å². The van der Waals surface area contributed by atoms with Crippen LogP contribution in [0, 0.1) is 0 Å². The standard InChI is InChI=1S/C14H8F3N3O2/c15-14(16,17)9-4-1-3-8(7-9)12-19-18-11-6-2-5-10(13(21)22)20(11)12/h1-7H,(H,21,22). The van der Waals surface area contributed by atoms with E-state index in [4.69, 9.17) is 0 Å². The van der Waals surface area contributed by atoms with Gasteiger partial charge >= 0.3 is 12.1 Å². The van der Waals surface area contributed by atoms with Crippen molar-refractivity contribution < 1.29 is 23.1 Å². The molecule has 0 radical (unpaired) electrons. The van der Waals surface area contributed by atoms with Crippen molar-refractivity contribution in [3.63, 3.8) is 0 Å². The van der Waals surface area contributed by atoms with Crippen molar-refractivity contribution in [1.82, 2.24) is 14.6 Å². The van der Waals surface area contributed by atoms with Gasteiger partial charge in [-0.05, 0) is 24.3 Å². The van der Waals surface area contributed by atoms with Crippen LogP contribution in [-0.4, -0.2) is 25.7 Å². The summed E-state index contributed by atoms with van der Waals surface area (Å²) in [6.45, 7) is 0. The third-order valence-electron chi connectivity index (χ3n) is 3.10. The Labute approximate surface area is 121 Å². The Morgan fingerprint density at radius 2 is 1.82 bits per heavy atom. The quantitative estimate of drug-likeness (QED) is 0.790. The van der Waals surface area contributed by atoms with Crippen molar-refractivity contribution in [3.8, 4) is 11.4 Å². The lowest BCUT2D eigenvalue weighted by Gasteiger charge is -2.08. The summed E-state index contributed by atoms with van der Waals surface area (Å²) >= 11 is 0.